The van der Waals surface area contributed by atoms with E-state index in [0.717, 1.165) is 11.1 Å². The molecule has 1 heterocycles. The molecule has 2 aromatic carbocycles. The number of nitrogens with zero attached hydrogens (tertiary/aromatic N) is 1. The molecule has 0 amide bonds. The molecule has 0 aliphatic rings. The van der Waals surface area contributed by atoms with Gasteiger partial charge in [-0.15, -0.1) is 0 Å². The van der Waals surface area contributed by atoms with E-state index < -0.39 is 5.97 Å². The molecule has 0 spiro atoms. The first-order valence-electron chi connectivity index (χ1n) is 8.20. The number of pyridine rings is 1. The SMILES string of the molecule is Cc1ccc(OC(=O)COc2cccc(Oc3ccccn3)c2)c(C)c1. The van der Waals surface area contributed by atoms with Gasteiger partial charge >= 0.3 is 5.97 Å². The van der Waals surface area contributed by atoms with Crippen molar-refractivity contribution < 1.29 is 19.0 Å². The highest BCUT2D eigenvalue weighted by molar-refractivity contribution is 5.74. The van der Waals surface area contributed by atoms with Crippen LogP contribution < -0.4 is 14.2 Å². The zero-order valence-corrected chi connectivity index (χ0v) is 14.6. The van der Waals surface area contributed by atoms with Gasteiger partial charge in [0.05, 0.1) is 0 Å². The number of aryl methyl sites for hydroxylation is 2. The molecule has 1 aromatic heterocycles. The number of ether oxygens (including phenoxy) is 3. The lowest BCUT2D eigenvalue weighted by molar-refractivity contribution is -0.136. The molecular formula is C21H19NO4. The van der Waals surface area contributed by atoms with E-state index in [-0.39, 0.29) is 6.61 Å². The number of benzene rings is 2. The smallest absolute Gasteiger partial charge is 0.349 e. The number of rotatable bonds is 6. The minimum absolute atomic E-state index is 0.194. The molecule has 0 bridgehead atoms. The van der Waals surface area contributed by atoms with Gasteiger partial charge in [0.1, 0.15) is 17.2 Å². The molecule has 0 unspecified atom stereocenters. The van der Waals surface area contributed by atoms with Gasteiger partial charge in [0, 0.05) is 18.3 Å². The molecule has 0 N–H and O–H groups in total. The summed E-state index contributed by atoms with van der Waals surface area (Å²) in [5.41, 5.74) is 2.02. The first kappa shape index (κ1) is 17.5. The molecule has 0 fully saturated rings. The minimum atomic E-state index is -0.465. The zero-order chi connectivity index (χ0) is 18.4. The van der Waals surface area contributed by atoms with E-state index in [1.165, 1.54) is 0 Å². The van der Waals surface area contributed by atoms with Crippen molar-refractivity contribution in [2.24, 2.45) is 0 Å². The standard InChI is InChI=1S/C21H19NO4/c1-15-9-10-19(16(2)12-15)26-21(23)14-24-17-6-5-7-18(13-17)25-20-8-3-4-11-22-20/h3-13H,14H2,1-2H3. The number of hydrogen-bond donors (Lipinski definition) is 0. The Morgan fingerprint density at radius 2 is 1.81 bits per heavy atom. The van der Waals surface area contributed by atoms with Gasteiger partial charge in [0.2, 0.25) is 5.88 Å². The second-order valence-electron chi connectivity index (χ2n) is 5.78. The maximum atomic E-state index is 12.0. The van der Waals surface area contributed by atoms with Crippen molar-refractivity contribution in [1.82, 2.24) is 4.98 Å². The predicted octanol–water partition coefficient (Wildman–Crippen LogP) is 4.48. The summed E-state index contributed by atoms with van der Waals surface area (Å²) in [7, 11) is 0. The summed E-state index contributed by atoms with van der Waals surface area (Å²) in [4.78, 5) is 16.1. The molecule has 0 aliphatic carbocycles. The number of carbonyl (C=O) groups is 1. The summed E-state index contributed by atoms with van der Waals surface area (Å²) in [6.45, 7) is 3.69. The largest absolute Gasteiger partial charge is 0.482 e. The summed E-state index contributed by atoms with van der Waals surface area (Å²) < 4.78 is 16.5. The van der Waals surface area contributed by atoms with E-state index in [1.54, 1.807) is 42.6 Å². The van der Waals surface area contributed by atoms with E-state index >= 15 is 0 Å². The van der Waals surface area contributed by atoms with Gasteiger partial charge in [-0.3, -0.25) is 0 Å². The lowest BCUT2D eigenvalue weighted by atomic mass is 10.1. The molecule has 3 aromatic rings. The maximum Gasteiger partial charge on any atom is 0.349 e. The average molecular weight is 349 g/mol. The van der Waals surface area contributed by atoms with E-state index in [4.69, 9.17) is 14.2 Å². The van der Waals surface area contributed by atoms with E-state index in [1.807, 2.05) is 38.1 Å². The maximum absolute atomic E-state index is 12.0. The monoisotopic (exact) mass is 349 g/mol. The van der Waals surface area contributed by atoms with Gasteiger partial charge in [-0.1, -0.05) is 29.8 Å². The summed E-state index contributed by atoms with van der Waals surface area (Å²) >= 11 is 0. The Balaban J connectivity index is 1.57. The fourth-order valence-electron chi connectivity index (χ4n) is 2.36. The van der Waals surface area contributed by atoms with Crippen LogP contribution in [0.4, 0.5) is 0 Å². The highest BCUT2D eigenvalue weighted by Crippen LogP contribution is 2.24. The third-order valence-corrected chi connectivity index (χ3v) is 3.58. The van der Waals surface area contributed by atoms with Crippen LogP contribution >= 0.6 is 0 Å². The number of esters is 1. The Bertz CT molecular complexity index is 894. The number of hydrogen-bond acceptors (Lipinski definition) is 5. The lowest BCUT2D eigenvalue weighted by Crippen LogP contribution is -2.18. The van der Waals surface area contributed by atoms with Gasteiger partial charge in [0.15, 0.2) is 6.61 Å². The van der Waals surface area contributed by atoms with Gasteiger partial charge in [0.25, 0.3) is 0 Å². The van der Waals surface area contributed by atoms with Crippen LogP contribution in [0.3, 0.4) is 0 Å². The Hall–Kier alpha value is -3.34. The van der Waals surface area contributed by atoms with Crippen molar-refractivity contribution in [3.05, 3.63) is 78.0 Å². The van der Waals surface area contributed by atoms with Crippen molar-refractivity contribution in [3.8, 4) is 23.1 Å². The van der Waals surface area contributed by atoms with Crippen LogP contribution in [0.25, 0.3) is 0 Å². The van der Waals surface area contributed by atoms with Gasteiger partial charge < -0.3 is 14.2 Å². The fraction of sp³-hybridized carbons (Fsp3) is 0.143. The van der Waals surface area contributed by atoms with Crippen LogP contribution in [-0.2, 0) is 4.79 Å². The Morgan fingerprint density at radius 3 is 2.58 bits per heavy atom. The molecule has 0 radical (unpaired) electrons. The zero-order valence-electron chi connectivity index (χ0n) is 14.6. The van der Waals surface area contributed by atoms with Gasteiger partial charge in [-0.05, 0) is 43.7 Å². The van der Waals surface area contributed by atoms with Crippen LogP contribution in [0.2, 0.25) is 0 Å². The van der Waals surface area contributed by atoms with Crippen molar-refractivity contribution in [2.75, 3.05) is 6.61 Å². The second kappa shape index (κ2) is 8.16. The summed E-state index contributed by atoms with van der Waals surface area (Å²) in [6.07, 6.45) is 1.65. The van der Waals surface area contributed by atoms with E-state index in [2.05, 4.69) is 4.98 Å². The second-order valence-corrected chi connectivity index (χ2v) is 5.78. The highest BCUT2D eigenvalue weighted by atomic mass is 16.6. The lowest BCUT2D eigenvalue weighted by Gasteiger charge is -2.10. The quantitative estimate of drug-likeness (QED) is 0.485. The van der Waals surface area contributed by atoms with Gasteiger partial charge in [-0.2, -0.15) is 0 Å². The Morgan fingerprint density at radius 1 is 0.962 bits per heavy atom. The topological polar surface area (TPSA) is 57.7 Å². The summed E-state index contributed by atoms with van der Waals surface area (Å²) in [5, 5.41) is 0. The molecule has 0 saturated carbocycles. The van der Waals surface area contributed by atoms with Crippen LogP contribution in [0.15, 0.2) is 66.9 Å². The molecule has 5 heteroatoms. The molecule has 0 aliphatic heterocycles. The molecule has 0 saturated heterocycles. The highest BCUT2D eigenvalue weighted by Gasteiger charge is 2.09. The van der Waals surface area contributed by atoms with Crippen molar-refractivity contribution >= 4 is 5.97 Å². The van der Waals surface area contributed by atoms with Crippen LogP contribution in [0.1, 0.15) is 11.1 Å². The molecule has 5 nitrogen and oxygen atoms in total. The Kier molecular flexibility index (Phi) is 5.49. The average Bonchev–Trinajstić information content (AvgIpc) is 2.64. The van der Waals surface area contributed by atoms with Gasteiger partial charge in [-0.25, -0.2) is 9.78 Å². The molecule has 132 valence electrons. The fourth-order valence-corrected chi connectivity index (χ4v) is 2.36. The molecule has 0 atom stereocenters. The third-order valence-electron chi connectivity index (χ3n) is 3.58. The van der Waals surface area contributed by atoms with Crippen molar-refractivity contribution in [2.45, 2.75) is 13.8 Å². The molecule has 26 heavy (non-hydrogen) atoms. The first-order chi connectivity index (χ1) is 12.6. The van der Waals surface area contributed by atoms with E-state index in [9.17, 15) is 4.79 Å². The number of aromatic nitrogens is 1. The minimum Gasteiger partial charge on any atom is -0.482 e. The third kappa shape index (κ3) is 4.83. The van der Waals surface area contributed by atoms with Crippen LogP contribution in [0.5, 0.6) is 23.1 Å². The van der Waals surface area contributed by atoms with Crippen molar-refractivity contribution in [3.63, 3.8) is 0 Å². The van der Waals surface area contributed by atoms with Crippen LogP contribution in [-0.4, -0.2) is 17.6 Å². The Labute approximate surface area is 152 Å². The normalized spacial score (nSPS) is 10.2. The number of carbonyl (C=O) groups excluding carboxylic acids is 1. The van der Waals surface area contributed by atoms with Crippen LogP contribution in [0, 0.1) is 13.8 Å². The summed E-state index contributed by atoms with van der Waals surface area (Å²) in [5.74, 6) is 1.64. The van der Waals surface area contributed by atoms with Crippen molar-refractivity contribution in [1.29, 1.82) is 0 Å². The predicted molar refractivity (Wildman–Crippen MR) is 97.8 cm³/mol. The molecule has 3 rings (SSSR count). The first-order valence-corrected chi connectivity index (χ1v) is 8.20. The molecular weight excluding hydrogens is 330 g/mol. The van der Waals surface area contributed by atoms with E-state index in [0.29, 0.717) is 23.1 Å². The summed E-state index contributed by atoms with van der Waals surface area (Å²) in [6, 6.07) is 18.1.